The maximum atomic E-state index is 7.13. The van der Waals surface area contributed by atoms with Crippen LogP contribution in [0.2, 0.25) is 0 Å². The van der Waals surface area contributed by atoms with Gasteiger partial charge in [-0.25, -0.2) is 0 Å². The van der Waals surface area contributed by atoms with Crippen LogP contribution in [0, 0.1) is 0 Å². The summed E-state index contributed by atoms with van der Waals surface area (Å²) in [6.45, 7) is 0. The number of para-hydroxylation sites is 1. The SMILES string of the molecule is c1ccc(-c2c(-c3ccc4ccccc4c3)sc3cc(-c4c5ccccc5c(-c5ccc6oc7cc8ccccc8cc7c6c5)c5ccccc45)c4oc5ccccc5c4c23)cc1. The summed E-state index contributed by atoms with van der Waals surface area (Å²) in [5, 5.41) is 15.4. The first kappa shape index (κ1) is 34.7. The van der Waals surface area contributed by atoms with Crippen molar-refractivity contribution in [2.45, 2.75) is 0 Å². The molecule has 0 unspecified atom stereocenters. The van der Waals surface area contributed by atoms with Crippen LogP contribution in [0.5, 0.6) is 0 Å². The number of rotatable bonds is 4. The standard InChI is InChI=1S/C60H34O2S/c1-2-15-36(16-3-1)55-58-53(63-60(55)41-27-26-35-14-4-5-17-37(35)30-41)34-49(59-57(58)46-24-12-13-25-50(46)62-59)56-44-22-10-8-20-42(44)54(43-21-9-11-23-45(43)56)40-28-29-51-47(32-40)48-31-38-18-6-7-19-39(38)33-52(48)61-51/h1-34H. The highest BCUT2D eigenvalue weighted by Crippen LogP contribution is 2.54. The minimum absolute atomic E-state index is 0.886. The van der Waals surface area contributed by atoms with E-state index in [0.717, 1.165) is 55.0 Å². The van der Waals surface area contributed by atoms with E-state index in [0.29, 0.717) is 0 Å². The predicted molar refractivity (Wildman–Crippen MR) is 268 cm³/mol. The molecule has 0 fully saturated rings. The Labute approximate surface area is 365 Å². The molecule has 0 spiro atoms. The summed E-state index contributed by atoms with van der Waals surface area (Å²) >= 11 is 1.88. The Morgan fingerprint density at radius 1 is 0.302 bits per heavy atom. The van der Waals surface area contributed by atoms with E-state index >= 15 is 0 Å². The van der Waals surface area contributed by atoms with Crippen LogP contribution in [0.15, 0.2) is 215 Å². The van der Waals surface area contributed by atoms with Crippen molar-refractivity contribution >= 4 is 108 Å². The van der Waals surface area contributed by atoms with Crippen LogP contribution in [-0.4, -0.2) is 0 Å². The van der Waals surface area contributed by atoms with Crippen LogP contribution >= 0.6 is 11.3 Å². The fourth-order valence-corrected chi connectivity index (χ4v) is 11.7. The first-order valence-corrected chi connectivity index (χ1v) is 22.3. The molecule has 3 heterocycles. The molecule has 0 saturated carbocycles. The maximum absolute atomic E-state index is 7.13. The summed E-state index contributed by atoms with van der Waals surface area (Å²) in [6, 6.07) is 74.9. The van der Waals surface area contributed by atoms with Gasteiger partial charge in [-0.1, -0.05) is 164 Å². The van der Waals surface area contributed by atoms with E-state index in [1.165, 1.54) is 85.9 Å². The van der Waals surface area contributed by atoms with Crippen LogP contribution in [0.4, 0.5) is 0 Å². The zero-order chi connectivity index (χ0) is 41.2. The van der Waals surface area contributed by atoms with Crippen molar-refractivity contribution in [1.82, 2.24) is 0 Å². The van der Waals surface area contributed by atoms with Crippen LogP contribution in [0.25, 0.3) is 141 Å². The van der Waals surface area contributed by atoms with Gasteiger partial charge in [0.25, 0.3) is 0 Å². The van der Waals surface area contributed by atoms with Crippen molar-refractivity contribution in [2.75, 3.05) is 0 Å². The van der Waals surface area contributed by atoms with Gasteiger partial charge in [-0.3, -0.25) is 0 Å². The summed E-state index contributed by atoms with van der Waals surface area (Å²) in [6.07, 6.45) is 0. The molecular weight excluding hydrogens is 785 g/mol. The molecule has 0 amide bonds. The zero-order valence-corrected chi connectivity index (χ0v) is 34.7. The van der Waals surface area contributed by atoms with Gasteiger partial charge >= 0.3 is 0 Å². The Bertz CT molecular complexity index is 4150. The largest absolute Gasteiger partial charge is 0.456 e. The Kier molecular flexibility index (Phi) is 7.30. The zero-order valence-electron chi connectivity index (χ0n) is 33.9. The van der Waals surface area contributed by atoms with Crippen molar-refractivity contribution in [1.29, 1.82) is 0 Å². The fourth-order valence-electron chi connectivity index (χ4n) is 10.4. The molecule has 0 atom stereocenters. The van der Waals surface area contributed by atoms with Gasteiger partial charge in [0.15, 0.2) is 0 Å². The number of thiophene rings is 1. The second kappa shape index (κ2) is 13.3. The van der Waals surface area contributed by atoms with Crippen molar-refractivity contribution < 1.29 is 8.83 Å². The molecule has 2 nitrogen and oxygen atoms in total. The lowest BCUT2D eigenvalue weighted by Gasteiger charge is -2.18. The molecular formula is C60H34O2S. The smallest absolute Gasteiger partial charge is 0.144 e. The lowest BCUT2D eigenvalue weighted by atomic mass is 9.84. The lowest BCUT2D eigenvalue weighted by Crippen LogP contribution is -1.91. The summed E-state index contributed by atoms with van der Waals surface area (Å²) < 4.78 is 14.8. The second-order valence-electron chi connectivity index (χ2n) is 16.7. The van der Waals surface area contributed by atoms with E-state index in [2.05, 4.69) is 206 Å². The third kappa shape index (κ3) is 5.12. The molecule has 0 aliphatic carbocycles. The molecule has 14 rings (SSSR count). The summed E-state index contributed by atoms with van der Waals surface area (Å²) in [4.78, 5) is 1.26. The van der Waals surface area contributed by atoms with Crippen LogP contribution < -0.4 is 0 Å². The van der Waals surface area contributed by atoms with Gasteiger partial charge in [0, 0.05) is 53.2 Å². The molecule has 14 aromatic rings. The van der Waals surface area contributed by atoms with Gasteiger partial charge in [0.2, 0.25) is 0 Å². The number of fused-ring (bicyclic) bond motifs is 12. The fraction of sp³-hybridized carbons (Fsp3) is 0. The molecule has 3 aromatic heterocycles. The van der Waals surface area contributed by atoms with Crippen molar-refractivity contribution in [3.63, 3.8) is 0 Å². The Morgan fingerprint density at radius 2 is 0.873 bits per heavy atom. The lowest BCUT2D eigenvalue weighted by molar-refractivity contribution is 0.669. The highest BCUT2D eigenvalue weighted by atomic mass is 32.1. The Hall–Kier alpha value is -7.98. The van der Waals surface area contributed by atoms with Gasteiger partial charge in [-0.05, 0) is 108 Å². The first-order chi connectivity index (χ1) is 31.2. The predicted octanol–water partition coefficient (Wildman–Crippen LogP) is 18.0. The van der Waals surface area contributed by atoms with Crippen molar-refractivity contribution in [2.24, 2.45) is 0 Å². The molecule has 0 radical (unpaired) electrons. The quantitative estimate of drug-likeness (QED) is 0.165. The summed E-state index contributed by atoms with van der Waals surface area (Å²) in [7, 11) is 0. The average Bonchev–Trinajstić information content (AvgIpc) is 4.03. The van der Waals surface area contributed by atoms with E-state index in [4.69, 9.17) is 8.83 Å². The van der Waals surface area contributed by atoms with E-state index in [1.807, 2.05) is 11.3 Å². The number of hydrogen-bond donors (Lipinski definition) is 0. The van der Waals surface area contributed by atoms with Gasteiger partial charge in [-0.2, -0.15) is 0 Å². The van der Waals surface area contributed by atoms with Crippen LogP contribution in [0.3, 0.4) is 0 Å². The Balaban J connectivity index is 1.09. The molecule has 0 bridgehead atoms. The van der Waals surface area contributed by atoms with Gasteiger partial charge in [0.1, 0.15) is 22.3 Å². The Morgan fingerprint density at radius 3 is 1.62 bits per heavy atom. The highest BCUT2D eigenvalue weighted by molar-refractivity contribution is 7.23. The second-order valence-corrected chi connectivity index (χ2v) is 17.7. The van der Waals surface area contributed by atoms with E-state index in [9.17, 15) is 0 Å². The van der Waals surface area contributed by atoms with Gasteiger partial charge in [0.05, 0.1) is 0 Å². The molecule has 0 N–H and O–H groups in total. The average molecular weight is 819 g/mol. The number of furan rings is 2. The monoisotopic (exact) mass is 818 g/mol. The minimum atomic E-state index is 0.886. The molecule has 3 heteroatoms. The molecule has 0 aliphatic rings. The number of hydrogen-bond acceptors (Lipinski definition) is 3. The first-order valence-electron chi connectivity index (χ1n) is 21.5. The number of benzene rings is 11. The normalized spacial score (nSPS) is 12.1. The van der Waals surface area contributed by atoms with Crippen molar-refractivity contribution in [3.8, 4) is 43.8 Å². The van der Waals surface area contributed by atoms with Gasteiger partial charge in [-0.15, -0.1) is 11.3 Å². The molecule has 63 heavy (non-hydrogen) atoms. The topological polar surface area (TPSA) is 26.3 Å². The summed E-state index contributed by atoms with van der Waals surface area (Å²) in [5.74, 6) is 0. The third-order valence-corrected chi connectivity index (χ3v) is 14.4. The third-order valence-electron chi connectivity index (χ3n) is 13.2. The van der Waals surface area contributed by atoms with E-state index < -0.39 is 0 Å². The van der Waals surface area contributed by atoms with Crippen molar-refractivity contribution in [3.05, 3.63) is 206 Å². The van der Waals surface area contributed by atoms with Crippen LogP contribution in [0.1, 0.15) is 0 Å². The minimum Gasteiger partial charge on any atom is -0.456 e. The van der Waals surface area contributed by atoms with Crippen LogP contribution in [-0.2, 0) is 0 Å². The van der Waals surface area contributed by atoms with Gasteiger partial charge < -0.3 is 8.83 Å². The highest BCUT2D eigenvalue weighted by Gasteiger charge is 2.26. The molecule has 11 aromatic carbocycles. The molecule has 0 saturated heterocycles. The van der Waals surface area contributed by atoms with E-state index in [-0.39, 0.29) is 0 Å². The molecule has 292 valence electrons. The molecule has 0 aliphatic heterocycles. The maximum Gasteiger partial charge on any atom is 0.144 e. The summed E-state index contributed by atoms with van der Waals surface area (Å²) in [5.41, 5.74) is 11.9. The van der Waals surface area contributed by atoms with E-state index in [1.54, 1.807) is 0 Å².